The summed E-state index contributed by atoms with van der Waals surface area (Å²) in [5.74, 6) is 0.718. The van der Waals surface area contributed by atoms with E-state index in [9.17, 15) is 9.59 Å². The molecule has 1 aliphatic heterocycles. The number of benzene rings is 3. The summed E-state index contributed by atoms with van der Waals surface area (Å²) in [6.07, 6.45) is 2.35. The van der Waals surface area contributed by atoms with Crippen LogP contribution >= 0.6 is 45.5 Å². The zero-order valence-corrected chi connectivity index (χ0v) is 27.0. The van der Waals surface area contributed by atoms with Crippen LogP contribution in [0.15, 0.2) is 87.8 Å². The van der Waals surface area contributed by atoms with Crippen molar-refractivity contribution in [2.75, 3.05) is 13.7 Å². The predicted octanol–water partition coefficient (Wildman–Crippen LogP) is 6.03. The maximum absolute atomic E-state index is 13.9. The van der Waals surface area contributed by atoms with Gasteiger partial charge in [-0.3, -0.25) is 9.36 Å². The molecule has 216 valence electrons. The highest BCUT2D eigenvalue weighted by Gasteiger charge is 2.33. The van der Waals surface area contributed by atoms with Crippen LogP contribution in [0.4, 0.5) is 0 Å². The van der Waals surface area contributed by atoms with Gasteiger partial charge in [0.25, 0.3) is 5.56 Å². The van der Waals surface area contributed by atoms with Gasteiger partial charge in [0.05, 0.1) is 39.1 Å². The molecule has 0 spiro atoms. The quantitative estimate of drug-likeness (QED) is 0.156. The first-order valence-electron chi connectivity index (χ1n) is 13.4. The molecule has 0 saturated carbocycles. The van der Waals surface area contributed by atoms with Gasteiger partial charge < -0.3 is 14.2 Å². The summed E-state index contributed by atoms with van der Waals surface area (Å²) < 4.78 is 20.2. The van der Waals surface area contributed by atoms with Crippen LogP contribution in [0.5, 0.6) is 11.5 Å². The molecule has 0 amide bonds. The summed E-state index contributed by atoms with van der Waals surface area (Å²) in [4.78, 5) is 32.2. The van der Waals surface area contributed by atoms with Crippen LogP contribution in [-0.2, 0) is 16.1 Å². The number of ether oxygens (including phenoxy) is 3. The minimum atomic E-state index is -0.644. The van der Waals surface area contributed by atoms with Gasteiger partial charge in [0.1, 0.15) is 6.61 Å². The van der Waals surface area contributed by atoms with Gasteiger partial charge in [-0.1, -0.05) is 72.3 Å². The Kier molecular flexibility index (Phi) is 9.50. The minimum Gasteiger partial charge on any atom is -0.490 e. The fourth-order valence-corrected chi connectivity index (χ4v) is 6.70. The Balaban J connectivity index is 1.59. The van der Waals surface area contributed by atoms with Crippen molar-refractivity contribution >= 4 is 57.6 Å². The van der Waals surface area contributed by atoms with Crippen molar-refractivity contribution in [1.29, 1.82) is 0 Å². The van der Waals surface area contributed by atoms with Gasteiger partial charge in [-0.05, 0) is 83.0 Å². The van der Waals surface area contributed by atoms with Crippen LogP contribution in [-0.4, -0.2) is 24.3 Å². The highest BCUT2D eigenvalue weighted by Crippen LogP contribution is 2.35. The average molecular weight is 715 g/mol. The topological polar surface area (TPSA) is 79.1 Å². The van der Waals surface area contributed by atoms with Gasteiger partial charge in [-0.25, -0.2) is 9.79 Å². The number of methoxy groups -OCH3 is 1. The summed E-state index contributed by atoms with van der Waals surface area (Å²) in [6, 6.07) is 20.2. The summed E-state index contributed by atoms with van der Waals surface area (Å²) in [5, 5.41) is 0.667. The first kappa shape index (κ1) is 30.1. The van der Waals surface area contributed by atoms with Crippen LogP contribution in [0.1, 0.15) is 43.0 Å². The van der Waals surface area contributed by atoms with E-state index < -0.39 is 12.0 Å². The SMILES string of the molecule is CCOc1cc(/C=c2/sc3n(c2=O)[C@H](c2ccccc2)C(C(=O)OC)=C(CC)N=3)cc(I)c1OCc1ccc(Cl)cc1. The van der Waals surface area contributed by atoms with Crippen molar-refractivity contribution in [2.45, 2.75) is 32.9 Å². The fourth-order valence-electron chi connectivity index (χ4n) is 4.78. The molecule has 0 fully saturated rings. The number of hydrogen-bond acceptors (Lipinski definition) is 7. The van der Waals surface area contributed by atoms with Gasteiger partial charge in [0.2, 0.25) is 0 Å². The van der Waals surface area contributed by atoms with Crippen LogP contribution < -0.4 is 24.4 Å². The third-order valence-corrected chi connectivity index (χ3v) is 8.73. The Morgan fingerprint density at radius 1 is 1.10 bits per heavy atom. The summed E-state index contributed by atoms with van der Waals surface area (Å²) >= 11 is 9.52. The number of hydrogen-bond donors (Lipinski definition) is 0. The smallest absolute Gasteiger partial charge is 0.338 e. The molecule has 0 saturated heterocycles. The molecule has 1 aliphatic rings. The molecule has 42 heavy (non-hydrogen) atoms. The van der Waals surface area contributed by atoms with Gasteiger partial charge in [0, 0.05) is 5.02 Å². The van der Waals surface area contributed by atoms with Crippen molar-refractivity contribution in [3.8, 4) is 11.5 Å². The number of carbonyl (C=O) groups excluding carboxylic acids is 1. The Hall–Kier alpha value is -3.41. The number of fused-ring (bicyclic) bond motifs is 1. The molecule has 0 bridgehead atoms. The molecule has 4 aromatic rings. The van der Waals surface area contributed by atoms with E-state index in [2.05, 4.69) is 22.6 Å². The maximum Gasteiger partial charge on any atom is 0.338 e. The van der Waals surface area contributed by atoms with E-state index in [4.69, 9.17) is 30.8 Å². The van der Waals surface area contributed by atoms with Crippen LogP contribution in [0, 0.1) is 3.57 Å². The molecule has 0 aliphatic carbocycles. The van der Waals surface area contributed by atoms with E-state index in [1.807, 2.05) is 86.7 Å². The summed E-state index contributed by atoms with van der Waals surface area (Å²) in [6.45, 7) is 4.65. The lowest BCUT2D eigenvalue weighted by Gasteiger charge is -2.25. The molecular weight excluding hydrogens is 687 g/mol. The van der Waals surface area contributed by atoms with E-state index in [0.717, 1.165) is 20.3 Å². The monoisotopic (exact) mass is 714 g/mol. The number of aromatic nitrogens is 1. The van der Waals surface area contributed by atoms with E-state index in [-0.39, 0.29) is 5.56 Å². The number of rotatable bonds is 9. The molecular formula is C32H28ClIN2O5S. The van der Waals surface area contributed by atoms with Gasteiger partial charge >= 0.3 is 5.97 Å². The number of thiazole rings is 1. The van der Waals surface area contributed by atoms with Crippen LogP contribution in [0.2, 0.25) is 5.02 Å². The average Bonchev–Trinajstić information content (AvgIpc) is 3.30. The number of halogens is 2. The molecule has 10 heteroatoms. The van der Waals surface area contributed by atoms with Crippen LogP contribution in [0.3, 0.4) is 0 Å². The number of nitrogens with zero attached hydrogens (tertiary/aromatic N) is 2. The second kappa shape index (κ2) is 13.3. The standard InChI is InChI=1S/C32H28ClIN2O5S/c1-4-24-27(31(38)39-3)28(21-9-7-6-8-10-21)36-30(37)26(42-32(36)35-24)17-20-15-23(34)29(25(16-20)40-5-2)41-18-19-11-13-22(33)14-12-19/h6-17,28H,4-5,18H2,1-3H3/b26-17+/t28-/m1/s1. The third kappa shape index (κ3) is 6.18. The Bertz CT molecular complexity index is 1830. The lowest BCUT2D eigenvalue weighted by molar-refractivity contribution is -0.136. The van der Waals surface area contributed by atoms with Gasteiger partial charge in [0.15, 0.2) is 16.3 Å². The maximum atomic E-state index is 13.9. The van der Waals surface area contributed by atoms with Crippen molar-refractivity contribution in [3.63, 3.8) is 0 Å². The Labute approximate surface area is 265 Å². The lowest BCUT2D eigenvalue weighted by Crippen LogP contribution is -2.40. The van der Waals surface area contributed by atoms with Crippen LogP contribution in [0.25, 0.3) is 6.08 Å². The zero-order chi connectivity index (χ0) is 29.8. The van der Waals surface area contributed by atoms with E-state index in [1.165, 1.54) is 18.4 Å². The normalized spacial score (nSPS) is 14.8. The number of esters is 1. The van der Waals surface area contributed by atoms with Crippen molar-refractivity contribution in [3.05, 3.63) is 123 Å². The molecule has 0 radical (unpaired) electrons. The number of allylic oxidation sites excluding steroid dienone is 1. The minimum absolute atomic E-state index is 0.236. The molecule has 0 unspecified atom stereocenters. The van der Waals surface area contributed by atoms with Crippen molar-refractivity contribution in [1.82, 2.24) is 4.57 Å². The van der Waals surface area contributed by atoms with Gasteiger partial charge in [-0.2, -0.15) is 0 Å². The largest absolute Gasteiger partial charge is 0.490 e. The highest BCUT2D eigenvalue weighted by atomic mass is 127. The predicted molar refractivity (Wildman–Crippen MR) is 173 cm³/mol. The first-order chi connectivity index (χ1) is 20.3. The van der Waals surface area contributed by atoms with E-state index in [0.29, 0.717) is 56.8 Å². The Morgan fingerprint density at radius 2 is 1.83 bits per heavy atom. The molecule has 3 aromatic carbocycles. The number of carbonyl (C=O) groups is 1. The summed E-state index contributed by atoms with van der Waals surface area (Å²) in [7, 11) is 1.34. The second-order valence-electron chi connectivity index (χ2n) is 9.38. The summed E-state index contributed by atoms with van der Waals surface area (Å²) in [5.41, 5.74) is 3.32. The molecule has 5 rings (SSSR count). The molecule has 7 nitrogen and oxygen atoms in total. The van der Waals surface area contributed by atoms with E-state index in [1.54, 1.807) is 4.57 Å². The Morgan fingerprint density at radius 3 is 2.50 bits per heavy atom. The molecule has 1 atom stereocenters. The second-order valence-corrected chi connectivity index (χ2v) is 12.0. The van der Waals surface area contributed by atoms with Crippen molar-refractivity contribution in [2.24, 2.45) is 4.99 Å². The fraction of sp³-hybridized carbons (Fsp3) is 0.219. The first-order valence-corrected chi connectivity index (χ1v) is 15.6. The van der Waals surface area contributed by atoms with Gasteiger partial charge in [-0.15, -0.1) is 0 Å². The zero-order valence-electron chi connectivity index (χ0n) is 23.2. The van der Waals surface area contributed by atoms with E-state index >= 15 is 0 Å². The molecule has 0 N–H and O–H groups in total. The lowest BCUT2D eigenvalue weighted by atomic mass is 9.95. The highest BCUT2D eigenvalue weighted by molar-refractivity contribution is 14.1. The molecule has 2 heterocycles. The molecule has 1 aromatic heterocycles. The van der Waals surface area contributed by atoms with Crippen molar-refractivity contribution < 1.29 is 19.0 Å². The third-order valence-electron chi connectivity index (χ3n) is 6.69.